The lowest BCUT2D eigenvalue weighted by molar-refractivity contribution is 0.453. The predicted molar refractivity (Wildman–Crippen MR) is 83.0 cm³/mol. The van der Waals surface area contributed by atoms with Crippen LogP contribution in [0.4, 0.5) is 0 Å². The molecular formula is C16H16N2OS. The summed E-state index contributed by atoms with van der Waals surface area (Å²) in [7, 11) is 1.98. The SMILES string of the molecule is CNC(CSc1ncco1)c1ccc2ccccc2c1. The topological polar surface area (TPSA) is 38.1 Å². The second-order valence-corrected chi connectivity index (χ2v) is 5.53. The zero-order valence-corrected chi connectivity index (χ0v) is 12.1. The largest absolute Gasteiger partial charge is 0.440 e. The van der Waals surface area contributed by atoms with Gasteiger partial charge in [0.2, 0.25) is 0 Å². The summed E-state index contributed by atoms with van der Waals surface area (Å²) in [5.41, 5.74) is 1.28. The number of nitrogens with zero attached hydrogens (tertiary/aromatic N) is 1. The van der Waals surface area contributed by atoms with Gasteiger partial charge in [0.25, 0.3) is 5.22 Å². The van der Waals surface area contributed by atoms with Gasteiger partial charge in [-0.05, 0) is 29.4 Å². The molecule has 0 saturated heterocycles. The van der Waals surface area contributed by atoms with E-state index in [0.717, 1.165) is 5.75 Å². The number of rotatable bonds is 5. The molecule has 0 fully saturated rings. The molecule has 0 amide bonds. The number of oxazole rings is 1. The monoisotopic (exact) mass is 284 g/mol. The van der Waals surface area contributed by atoms with Gasteiger partial charge in [-0.15, -0.1) is 0 Å². The summed E-state index contributed by atoms with van der Waals surface area (Å²) in [5, 5.41) is 6.61. The van der Waals surface area contributed by atoms with Gasteiger partial charge in [0.05, 0.1) is 6.20 Å². The van der Waals surface area contributed by atoms with Crippen LogP contribution < -0.4 is 5.32 Å². The summed E-state index contributed by atoms with van der Waals surface area (Å²) in [6, 6.07) is 15.3. The van der Waals surface area contributed by atoms with E-state index in [2.05, 4.69) is 52.8 Å². The molecule has 0 aliphatic heterocycles. The number of hydrogen-bond donors (Lipinski definition) is 1. The van der Waals surface area contributed by atoms with Gasteiger partial charge in [0.15, 0.2) is 0 Å². The quantitative estimate of drug-likeness (QED) is 0.722. The number of benzene rings is 2. The zero-order chi connectivity index (χ0) is 13.8. The normalized spacial score (nSPS) is 12.7. The van der Waals surface area contributed by atoms with Crippen molar-refractivity contribution in [3.63, 3.8) is 0 Å². The van der Waals surface area contributed by atoms with E-state index in [0.29, 0.717) is 5.22 Å². The van der Waals surface area contributed by atoms with E-state index in [-0.39, 0.29) is 6.04 Å². The zero-order valence-electron chi connectivity index (χ0n) is 11.2. The Hall–Kier alpha value is -1.78. The second-order valence-electron chi connectivity index (χ2n) is 4.56. The maximum absolute atomic E-state index is 5.26. The van der Waals surface area contributed by atoms with Crippen molar-refractivity contribution in [3.8, 4) is 0 Å². The minimum absolute atomic E-state index is 0.275. The van der Waals surface area contributed by atoms with Crippen LogP contribution in [-0.2, 0) is 0 Å². The van der Waals surface area contributed by atoms with E-state index >= 15 is 0 Å². The predicted octanol–water partition coefficient (Wildman–Crippen LogP) is 3.88. The van der Waals surface area contributed by atoms with Crippen LogP contribution in [0.15, 0.2) is 64.6 Å². The summed E-state index contributed by atoms with van der Waals surface area (Å²) in [6.45, 7) is 0. The standard InChI is InChI=1S/C16H16N2OS/c1-17-15(11-20-16-18-8-9-19-16)14-7-6-12-4-2-3-5-13(12)10-14/h2-10,15,17H,11H2,1H3. The minimum Gasteiger partial charge on any atom is -0.440 e. The first-order valence-corrected chi connectivity index (χ1v) is 7.53. The van der Waals surface area contributed by atoms with Crippen molar-refractivity contribution in [1.29, 1.82) is 0 Å². The fraction of sp³-hybridized carbons (Fsp3) is 0.188. The van der Waals surface area contributed by atoms with Gasteiger partial charge < -0.3 is 9.73 Å². The molecule has 1 aromatic heterocycles. The molecule has 20 heavy (non-hydrogen) atoms. The van der Waals surface area contributed by atoms with Gasteiger partial charge >= 0.3 is 0 Å². The van der Waals surface area contributed by atoms with Gasteiger partial charge in [0, 0.05) is 11.8 Å². The van der Waals surface area contributed by atoms with E-state index in [1.165, 1.54) is 16.3 Å². The summed E-state index contributed by atoms with van der Waals surface area (Å²) in [5.74, 6) is 0.884. The van der Waals surface area contributed by atoms with Crippen LogP contribution in [0.3, 0.4) is 0 Å². The molecule has 1 atom stereocenters. The molecule has 0 bridgehead atoms. The van der Waals surface area contributed by atoms with Crippen LogP contribution in [0.1, 0.15) is 11.6 Å². The Labute approximate surface area is 122 Å². The Morgan fingerprint density at radius 1 is 1.20 bits per heavy atom. The van der Waals surface area contributed by atoms with E-state index < -0.39 is 0 Å². The highest BCUT2D eigenvalue weighted by Gasteiger charge is 2.11. The molecule has 2 aromatic carbocycles. The number of fused-ring (bicyclic) bond motifs is 1. The first-order chi connectivity index (χ1) is 9.86. The highest BCUT2D eigenvalue weighted by molar-refractivity contribution is 7.99. The van der Waals surface area contributed by atoms with Gasteiger partial charge in [-0.3, -0.25) is 0 Å². The van der Waals surface area contributed by atoms with E-state index in [1.54, 1.807) is 24.2 Å². The molecule has 1 N–H and O–H groups in total. The van der Waals surface area contributed by atoms with E-state index in [4.69, 9.17) is 4.42 Å². The molecule has 0 aliphatic carbocycles. The maximum Gasteiger partial charge on any atom is 0.255 e. The Kier molecular flexibility index (Phi) is 4.04. The summed E-state index contributed by atoms with van der Waals surface area (Å²) < 4.78 is 5.26. The third kappa shape index (κ3) is 2.86. The second kappa shape index (κ2) is 6.11. The lowest BCUT2D eigenvalue weighted by Gasteiger charge is -2.16. The molecule has 0 spiro atoms. The van der Waals surface area contributed by atoms with Crippen molar-refractivity contribution < 1.29 is 4.42 Å². The van der Waals surface area contributed by atoms with Gasteiger partial charge in [-0.25, -0.2) is 4.98 Å². The molecule has 1 unspecified atom stereocenters. The fourth-order valence-corrected chi connectivity index (χ4v) is 3.13. The highest BCUT2D eigenvalue weighted by atomic mass is 32.2. The summed E-state index contributed by atoms with van der Waals surface area (Å²) >= 11 is 1.62. The Morgan fingerprint density at radius 3 is 2.80 bits per heavy atom. The van der Waals surface area contributed by atoms with Gasteiger partial charge in [-0.1, -0.05) is 48.2 Å². The minimum atomic E-state index is 0.275. The molecule has 0 aliphatic rings. The first kappa shape index (κ1) is 13.2. The van der Waals surface area contributed by atoms with Crippen LogP contribution >= 0.6 is 11.8 Å². The number of thioether (sulfide) groups is 1. The van der Waals surface area contributed by atoms with Crippen LogP contribution in [-0.4, -0.2) is 17.8 Å². The Bertz CT molecular complexity index is 682. The third-order valence-electron chi connectivity index (χ3n) is 3.31. The van der Waals surface area contributed by atoms with E-state index in [9.17, 15) is 0 Å². The molecule has 102 valence electrons. The number of nitrogens with one attached hydrogen (secondary N) is 1. The molecule has 3 aromatic rings. The van der Waals surface area contributed by atoms with Gasteiger partial charge in [-0.2, -0.15) is 0 Å². The molecule has 3 nitrogen and oxygen atoms in total. The van der Waals surface area contributed by atoms with Crippen molar-refractivity contribution in [2.24, 2.45) is 0 Å². The molecule has 0 radical (unpaired) electrons. The number of aromatic nitrogens is 1. The third-order valence-corrected chi connectivity index (χ3v) is 4.26. The van der Waals surface area contributed by atoms with Crippen molar-refractivity contribution >= 4 is 22.5 Å². The summed E-state index contributed by atoms with van der Waals surface area (Å²) in [4.78, 5) is 4.13. The lowest BCUT2D eigenvalue weighted by Crippen LogP contribution is -2.18. The fourth-order valence-electron chi connectivity index (χ4n) is 2.21. The van der Waals surface area contributed by atoms with Crippen LogP contribution in [0.5, 0.6) is 0 Å². The van der Waals surface area contributed by atoms with Gasteiger partial charge in [0.1, 0.15) is 6.26 Å². The van der Waals surface area contributed by atoms with Crippen LogP contribution in [0, 0.1) is 0 Å². The molecular weight excluding hydrogens is 268 g/mol. The lowest BCUT2D eigenvalue weighted by atomic mass is 10.0. The van der Waals surface area contributed by atoms with Crippen LogP contribution in [0.25, 0.3) is 10.8 Å². The maximum atomic E-state index is 5.26. The Balaban J connectivity index is 1.79. The molecule has 0 saturated carbocycles. The van der Waals surface area contributed by atoms with Crippen molar-refractivity contribution in [3.05, 3.63) is 60.5 Å². The first-order valence-electron chi connectivity index (χ1n) is 6.55. The average Bonchev–Trinajstić information content (AvgIpc) is 3.01. The Morgan fingerprint density at radius 2 is 2.05 bits per heavy atom. The average molecular weight is 284 g/mol. The van der Waals surface area contributed by atoms with Crippen molar-refractivity contribution in [1.82, 2.24) is 10.3 Å². The molecule has 1 heterocycles. The molecule has 4 heteroatoms. The number of hydrogen-bond acceptors (Lipinski definition) is 4. The van der Waals surface area contributed by atoms with Crippen molar-refractivity contribution in [2.75, 3.05) is 12.8 Å². The smallest absolute Gasteiger partial charge is 0.255 e. The van der Waals surface area contributed by atoms with Crippen molar-refractivity contribution in [2.45, 2.75) is 11.3 Å². The molecule has 3 rings (SSSR count). The van der Waals surface area contributed by atoms with E-state index in [1.807, 2.05) is 7.05 Å². The highest BCUT2D eigenvalue weighted by Crippen LogP contribution is 2.25. The summed E-state index contributed by atoms with van der Waals surface area (Å²) in [6.07, 6.45) is 3.28. The van der Waals surface area contributed by atoms with Crippen LogP contribution in [0.2, 0.25) is 0 Å².